The average molecular weight is 351 g/mol. The third-order valence-electron chi connectivity index (χ3n) is 7.53. The van der Waals surface area contributed by atoms with Crippen LogP contribution in [0.25, 0.3) is 0 Å². The predicted octanol–water partition coefficient (Wildman–Crippen LogP) is 7.06. The Balaban J connectivity index is 1.53. The average Bonchev–Trinajstić information content (AvgIpc) is 2.62. The van der Waals surface area contributed by atoms with Crippen molar-refractivity contribution in [3.8, 4) is 0 Å². The zero-order chi connectivity index (χ0) is 17.8. The normalized spacial score (nSPS) is 46.2. The fraction of sp³-hybridized carbons (Fsp3) is 0.826. The molecule has 0 amide bonds. The summed E-state index contributed by atoms with van der Waals surface area (Å²) < 4.78 is 30.0. The molecule has 3 aliphatic rings. The summed E-state index contributed by atoms with van der Waals surface area (Å²) in [5.74, 6) is 2.01. The molecule has 0 nitrogen and oxygen atoms in total. The van der Waals surface area contributed by atoms with Crippen LogP contribution >= 0.6 is 0 Å². The molecule has 2 unspecified atom stereocenters. The van der Waals surface area contributed by atoms with E-state index >= 15 is 0 Å². The zero-order valence-electron chi connectivity index (χ0n) is 15.9. The topological polar surface area (TPSA) is 0 Å². The molecule has 0 aliphatic heterocycles. The predicted molar refractivity (Wildman–Crippen MR) is 102 cm³/mol. The fourth-order valence-electron chi connectivity index (χ4n) is 6.04. The van der Waals surface area contributed by atoms with Gasteiger partial charge in [-0.05, 0) is 101 Å². The maximum Gasteiger partial charge on any atom is 0.106 e. The molecular formula is C23H36F2. The molecule has 0 aromatic rings. The minimum Gasteiger partial charge on any atom is -0.247 e. The summed E-state index contributed by atoms with van der Waals surface area (Å²) in [6, 6.07) is 0. The van der Waals surface area contributed by atoms with E-state index in [9.17, 15) is 8.78 Å². The molecule has 0 radical (unpaired) electrons. The summed E-state index contributed by atoms with van der Waals surface area (Å²) in [5.41, 5.74) is 0. The Morgan fingerprint density at radius 1 is 0.720 bits per heavy atom. The molecule has 3 aliphatic carbocycles. The van der Waals surface area contributed by atoms with Crippen LogP contribution in [0.3, 0.4) is 0 Å². The molecule has 3 saturated carbocycles. The second-order valence-corrected chi connectivity index (χ2v) is 8.95. The number of alkyl halides is 2. The Morgan fingerprint density at radius 2 is 1.24 bits per heavy atom. The lowest BCUT2D eigenvalue weighted by molar-refractivity contribution is -0.0220. The molecule has 0 saturated heterocycles. The summed E-state index contributed by atoms with van der Waals surface area (Å²) in [6.45, 7) is 5.96. The number of rotatable bonds is 4. The molecule has 0 heterocycles. The van der Waals surface area contributed by atoms with Crippen molar-refractivity contribution >= 4 is 0 Å². The molecule has 25 heavy (non-hydrogen) atoms. The van der Waals surface area contributed by atoms with Gasteiger partial charge < -0.3 is 0 Å². The maximum atomic E-state index is 15.0. The lowest BCUT2D eigenvalue weighted by Gasteiger charge is -2.44. The molecule has 0 N–H and O–H groups in total. The third kappa shape index (κ3) is 4.55. The third-order valence-corrected chi connectivity index (χ3v) is 7.53. The summed E-state index contributed by atoms with van der Waals surface area (Å²) in [5, 5.41) is 0. The Kier molecular flexibility index (Phi) is 6.74. The quantitative estimate of drug-likeness (QED) is 0.476. The first-order valence-corrected chi connectivity index (χ1v) is 10.7. The number of allylic oxidation sites excluding steroid dienone is 3. The van der Waals surface area contributed by atoms with Crippen LogP contribution in [0.5, 0.6) is 0 Å². The monoisotopic (exact) mass is 350 g/mol. The van der Waals surface area contributed by atoms with Gasteiger partial charge in [0.15, 0.2) is 0 Å². The lowest BCUT2D eigenvalue weighted by atomic mass is 9.63. The first kappa shape index (κ1) is 19.1. The van der Waals surface area contributed by atoms with Gasteiger partial charge in [0, 0.05) is 5.92 Å². The molecule has 0 aromatic heterocycles. The second-order valence-electron chi connectivity index (χ2n) is 8.95. The van der Waals surface area contributed by atoms with Gasteiger partial charge in [0.1, 0.15) is 12.3 Å². The van der Waals surface area contributed by atoms with Gasteiger partial charge in [0.25, 0.3) is 0 Å². The zero-order valence-corrected chi connectivity index (χ0v) is 15.9. The van der Waals surface area contributed by atoms with Crippen LogP contribution in [0.1, 0.15) is 71.1 Å². The van der Waals surface area contributed by atoms with Crippen molar-refractivity contribution in [3.63, 3.8) is 0 Å². The largest absolute Gasteiger partial charge is 0.247 e. The Morgan fingerprint density at radius 3 is 1.76 bits per heavy atom. The summed E-state index contributed by atoms with van der Waals surface area (Å²) >= 11 is 0. The van der Waals surface area contributed by atoms with Crippen molar-refractivity contribution in [1.82, 2.24) is 0 Å². The van der Waals surface area contributed by atoms with Crippen LogP contribution in [0.4, 0.5) is 8.78 Å². The van der Waals surface area contributed by atoms with E-state index < -0.39 is 12.3 Å². The van der Waals surface area contributed by atoms with Crippen molar-refractivity contribution < 1.29 is 8.78 Å². The van der Waals surface area contributed by atoms with Crippen LogP contribution in [0, 0.1) is 35.5 Å². The molecule has 0 aromatic carbocycles. The summed E-state index contributed by atoms with van der Waals surface area (Å²) in [7, 11) is 0. The van der Waals surface area contributed by atoms with Crippen LogP contribution in [0.2, 0.25) is 0 Å². The highest BCUT2D eigenvalue weighted by Gasteiger charge is 2.45. The highest BCUT2D eigenvalue weighted by molar-refractivity contribution is 4.97. The number of hydrogen-bond acceptors (Lipinski definition) is 0. The van der Waals surface area contributed by atoms with E-state index in [1.165, 1.54) is 12.8 Å². The van der Waals surface area contributed by atoms with Crippen molar-refractivity contribution in [2.24, 2.45) is 35.5 Å². The number of hydrogen-bond donors (Lipinski definition) is 0. The highest BCUT2D eigenvalue weighted by atomic mass is 19.1. The van der Waals surface area contributed by atoms with E-state index in [1.54, 1.807) is 0 Å². The van der Waals surface area contributed by atoms with Crippen LogP contribution in [-0.2, 0) is 0 Å². The second kappa shape index (κ2) is 8.82. The minimum absolute atomic E-state index is 0.257. The van der Waals surface area contributed by atoms with Gasteiger partial charge in [-0.3, -0.25) is 0 Å². The van der Waals surface area contributed by atoms with Gasteiger partial charge in [0.05, 0.1) is 0 Å². The van der Waals surface area contributed by atoms with E-state index in [0.29, 0.717) is 30.6 Å². The van der Waals surface area contributed by atoms with Gasteiger partial charge in [-0.1, -0.05) is 18.2 Å². The number of halogens is 2. The fourth-order valence-corrected chi connectivity index (χ4v) is 6.04. The van der Waals surface area contributed by atoms with Gasteiger partial charge in [-0.15, -0.1) is 6.58 Å². The van der Waals surface area contributed by atoms with Gasteiger partial charge in [-0.25, -0.2) is 8.78 Å². The molecule has 0 bridgehead atoms. The lowest BCUT2D eigenvalue weighted by Crippen LogP contribution is -2.43. The van der Waals surface area contributed by atoms with Crippen LogP contribution in [-0.4, -0.2) is 12.3 Å². The van der Waals surface area contributed by atoms with E-state index in [4.69, 9.17) is 0 Å². The van der Waals surface area contributed by atoms with Gasteiger partial charge in [0.2, 0.25) is 0 Å². The molecule has 0 spiro atoms. The van der Waals surface area contributed by atoms with Crippen molar-refractivity contribution in [2.75, 3.05) is 0 Å². The van der Waals surface area contributed by atoms with E-state index in [2.05, 4.69) is 25.7 Å². The van der Waals surface area contributed by atoms with Gasteiger partial charge >= 0.3 is 0 Å². The van der Waals surface area contributed by atoms with E-state index in [1.807, 2.05) is 6.08 Å². The Hall–Kier alpha value is -0.660. The van der Waals surface area contributed by atoms with Crippen LogP contribution in [0.15, 0.2) is 24.8 Å². The Labute approximate surface area is 153 Å². The summed E-state index contributed by atoms with van der Waals surface area (Å²) in [4.78, 5) is 0. The molecule has 3 rings (SSSR count). The molecular weight excluding hydrogens is 314 g/mol. The standard InChI is InChI=1S/C23H36F2/c1-3-5-17-8-10-18(11-9-17)20-14-21(24)23(22(25)15-20)19-12-6-16(4-2)7-13-19/h3-5,16-23H,2,6-15H2,1H3/b5-3+. The van der Waals surface area contributed by atoms with Gasteiger partial charge in [-0.2, -0.15) is 0 Å². The van der Waals surface area contributed by atoms with Crippen molar-refractivity contribution in [1.29, 1.82) is 0 Å². The highest BCUT2D eigenvalue weighted by Crippen LogP contribution is 2.48. The molecule has 3 fully saturated rings. The maximum absolute atomic E-state index is 15.0. The SMILES string of the molecule is C=CC1CCC(C2C(F)CC(C3CCC(/C=C/C)CC3)CC2F)CC1. The van der Waals surface area contributed by atoms with Crippen molar-refractivity contribution in [2.45, 2.75) is 83.5 Å². The summed E-state index contributed by atoms with van der Waals surface area (Å²) in [6.07, 6.45) is 14.7. The molecule has 2 atom stereocenters. The Bertz CT molecular complexity index is 429. The van der Waals surface area contributed by atoms with Crippen LogP contribution < -0.4 is 0 Å². The molecule has 2 heteroatoms. The first-order chi connectivity index (χ1) is 12.1. The van der Waals surface area contributed by atoms with Crippen molar-refractivity contribution in [3.05, 3.63) is 24.8 Å². The van der Waals surface area contributed by atoms with E-state index in [0.717, 1.165) is 38.5 Å². The van der Waals surface area contributed by atoms with E-state index in [-0.39, 0.29) is 17.8 Å². The first-order valence-electron chi connectivity index (χ1n) is 10.7. The molecule has 142 valence electrons. The minimum atomic E-state index is -0.924. The smallest absolute Gasteiger partial charge is 0.106 e.